The zero-order valence-corrected chi connectivity index (χ0v) is 7.96. The molecule has 1 heterocycles. The molecule has 1 rings (SSSR count). The summed E-state index contributed by atoms with van der Waals surface area (Å²) >= 11 is 0. The molecule has 0 aromatic carbocycles. The summed E-state index contributed by atoms with van der Waals surface area (Å²) < 4.78 is 4.51. The Morgan fingerprint density at radius 1 is 1.57 bits per heavy atom. The Kier molecular flexibility index (Phi) is 2.91. The van der Waals surface area contributed by atoms with Crippen molar-refractivity contribution in [3.05, 3.63) is 22.9 Å². The van der Waals surface area contributed by atoms with Crippen LogP contribution in [0.2, 0.25) is 0 Å². The number of aliphatic carboxylic acids is 1. The van der Waals surface area contributed by atoms with Crippen molar-refractivity contribution in [1.29, 1.82) is 0 Å². The van der Waals surface area contributed by atoms with Crippen LogP contribution in [0, 0.1) is 0 Å². The molecular formula is C9H11NO4. The molecule has 14 heavy (non-hydrogen) atoms. The molecule has 5 nitrogen and oxygen atoms in total. The van der Waals surface area contributed by atoms with Crippen LogP contribution >= 0.6 is 0 Å². The first-order valence-corrected chi connectivity index (χ1v) is 4.03. The Balaban J connectivity index is 3.02. The highest BCUT2D eigenvalue weighted by molar-refractivity contribution is 5.97. The van der Waals surface area contributed by atoms with Gasteiger partial charge in [-0.25, -0.2) is 9.59 Å². The van der Waals surface area contributed by atoms with E-state index in [1.54, 1.807) is 6.92 Å². The molecule has 76 valence electrons. The highest BCUT2D eigenvalue weighted by Crippen LogP contribution is 2.13. The number of hydrogen-bond acceptors (Lipinski definition) is 4. The number of ether oxygens (including phenoxy) is 1. The molecule has 0 saturated carbocycles. The van der Waals surface area contributed by atoms with Gasteiger partial charge in [0.15, 0.2) is 0 Å². The molecule has 0 aromatic rings. The highest BCUT2D eigenvalue weighted by atomic mass is 16.5. The molecule has 0 aromatic heterocycles. The number of esters is 1. The minimum Gasteiger partial charge on any atom is -0.478 e. The molecule has 0 radical (unpaired) electrons. The maximum atomic E-state index is 11.2. The molecule has 0 aliphatic carbocycles. The topological polar surface area (TPSA) is 75.6 Å². The van der Waals surface area contributed by atoms with Crippen molar-refractivity contribution < 1.29 is 19.4 Å². The second-order valence-electron chi connectivity index (χ2n) is 2.86. The fourth-order valence-corrected chi connectivity index (χ4v) is 1.12. The Hall–Kier alpha value is -1.78. The standard InChI is InChI=1S/C9H11NO4/c1-5-7(9(13)14-2)3-6(4-10-5)8(11)12/h3,10H,4H2,1-2H3,(H,11,12). The molecule has 0 amide bonds. The lowest BCUT2D eigenvalue weighted by molar-refractivity contribution is -0.135. The third-order valence-corrected chi connectivity index (χ3v) is 1.95. The SMILES string of the molecule is COC(=O)C1=C(C)NCC(C(=O)O)=C1. The van der Waals surface area contributed by atoms with Gasteiger partial charge in [-0.05, 0) is 13.0 Å². The summed E-state index contributed by atoms with van der Waals surface area (Å²) in [5.41, 5.74) is 1.04. The molecule has 1 aliphatic heterocycles. The van der Waals surface area contributed by atoms with E-state index >= 15 is 0 Å². The smallest absolute Gasteiger partial charge is 0.339 e. The van der Waals surface area contributed by atoms with E-state index in [-0.39, 0.29) is 17.7 Å². The number of hydrogen-bond donors (Lipinski definition) is 2. The van der Waals surface area contributed by atoms with Gasteiger partial charge in [-0.3, -0.25) is 0 Å². The van der Waals surface area contributed by atoms with Gasteiger partial charge in [0.1, 0.15) is 0 Å². The van der Waals surface area contributed by atoms with Crippen molar-refractivity contribution in [2.24, 2.45) is 0 Å². The molecule has 5 heteroatoms. The average Bonchev–Trinajstić information content (AvgIpc) is 2.17. The van der Waals surface area contributed by atoms with Crippen LogP contribution in [0.15, 0.2) is 22.9 Å². The van der Waals surface area contributed by atoms with Crippen molar-refractivity contribution in [3.8, 4) is 0 Å². The van der Waals surface area contributed by atoms with Gasteiger partial charge in [0.05, 0.1) is 18.3 Å². The summed E-state index contributed by atoms with van der Waals surface area (Å²) in [6, 6.07) is 0. The van der Waals surface area contributed by atoms with E-state index in [0.717, 1.165) is 0 Å². The fraction of sp³-hybridized carbons (Fsp3) is 0.333. The predicted octanol–water partition coefficient (Wildman–Crippen LogP) is 0.0476. The number of carboxylic acid groups (broad SMARTS) is 1. The zero-order chi connectivity index (χ0) is 10.7. The average molecular weight is 197 g/mol. The van der Waals surface area contributed by atoms with Crippen LogP contribution in [0.3, 0.4) is 0 Å². The van der Waals surface area contributed by atoms with E-state index in [1.165, 1.54) is 13.2 Å². The molecule has 0 saturated heterocycles. The Morgan fingerprint density at radius 3 is 2.71 bits per heavy atom. The Morgan fingerprint density at radius 2 is 2.21 bits per heavy atom. The maximum absolute atomic E-state index is 11.2. The summed E-state index contributed by atoms with van der Waals surface area (Å²) in [5, 5.41) is 11.5. The quantitative estimate of drug-likeness (QED) is 0.611. The van der Waals surface area contributed by atoms with Crippen molar-refractivity contribution in [2.45, 2.75) is 6.92 Å². The van der Waals surface area contributed by atoms with Gasteiger partial charge in [0, 0.05) is 12.2 Å². The monoisotopic (exact) mass is 197 g/mol. The van der Waals surface area contributed by atoms with Crippen LogP contribution in [-0.2, 0) is 14.3 Å². The fourth-order valence-electron chi connectivity index (χ4n) is 1.12. The molecule has 0 atom stereocenters. The van der Waals surface area contributed by atoms with E-state index in [2.05, 4.69) is 10.1 Å². The van der Waals surface area contributed by atoms with Gasteiger partial charge in [-0.15, -0.1) is 0 Å². The van der Waals surface area contributed by atoms with Crippen LogP contribution < -0.4 is 5.32 Å². The second-order valence-corrected chi connectivity index (χ2v) is 2.86. The van der Waals surface area contributed by atoms with E-state index in [4.69, 9.17) is 5.11 Å². The first-order chi connectivity index (χ1) is 6.56. The second kappa shape index (κ2) is 3.95. The van der Waals surface area contributed by atoms with Gasteiger partial charge < -0.3 is 15.2 Å². The van der Waals surface area contributed by atoms with Gasteiger partial charge in [0.25, 0.3) is 0 Å². The van der Waals surface area contributed by atoms with Crippen LogP contribution in [0.1, 0.15) is 6.92 Å². The summed E-state index contributed by atoms with van der Waals surface area (Å²) in [7, 11) is 1.26. The van der Waals surface area contributed by atoms with Gasteiger partial charge in [-0.2, -0.15) is 0 Å². The summed E-state index contributed by atoms with van der Waals surface area (Å²) in [4.78, 5) is 21.8. The molecule has 0 fully saturated rings. The van der Waals surface area contributed by atoms with Gasteiger partial charge >= 0.3 is 11.9 Å². The van der Waals surface area contributed by atoms with Crippen molar-refractivity contribution in [3.63, 3.8) is 0 Å². The van der Waals surface area contributed by atoms with Crippen molar-refractivity contribution in [2.75, 3.05) is 13.7 Å². The van der Waals surface area contributed by atoms with Gasteiger partial charge in [0.2, 0.25) is 0 Å². The molecule has 0 unspecified atom stereocenters. The molecule has 2 N–H and O–H groups in total. The Labute approximate surface area is 81.1 Å². The largest absolute Gasteiger partial charge is 0.478 e. The van der Waals surface area contributed by atoms with Crippen LogP contribution in [0.25, 0.3) is 0 Å². The van der Waals surface area contributed by atoms with E-state index in [1.807, 2.05) is 0 Å². The third kappa shape index (κ3) is 1.93. The van der Waals surface area contributed by atoms with Crippen molar-refractivity contribution in [1.82, 2.24) is 5.32 Å². The first kappa shape index (κ1) is 10.3. The van der Waals surface area contributed by atoms with Crippen LogP contribution in [-0.4, -0.2) is 30.7 Å². The lowest BCUT2D eigenvalue weighted by Gasteiger charge is -2.16. The number of dihydropyridines is 1. The van der Waals surface area contributed by atoms with E-state index < -0.39 is 11.9 Å². The van der Waals surface area contributed by atoms with Gasteiger partial charge in [-0.1, -0.05) is 0 Å². The lowest BCUT2D eigenvalue weighted by atomic mass is 10.1. The van der Waals surface area contributed by atoms with Crippen LogP contribution in [0.4, 0.5) is 0 Å². The van der Waals surface area contributed by atoms with E-state index in [0.29, 0.717) is 5.70 Å². The normalized spacial score (nSPS) is 15.7. The number of rotatable bonds is 2. The minimum absolute atomic E-state index is 0.149. The number of carbonyl (C=O) groups excluding carboxylic acids is 1. The summed E-state index contributed by atoms with van der Waals surface area (Å²) in [6.07, 6.45) is 1.33. The van der Waals surface area contributed by atoms with Crippen LogP contribution in [0.5, 0.6) is 0 Å². The maximum Gasteiger partial charge on any atom is 0.339 e. The predicted molar refractivity (Wildman–Crippen MR) is 48.4 cm³/mol. The molecule has 1 aliphatic rings. The van der Waals surface area contributed by atoms with Crippen molar-refractivity contribution >= 4 is 11.9 Å². The first-order valence-electron chi connectivity index (χ1n) is 4.03. The molecule has 0 spiro atoms. The third-order valence-electron chi connectivity index (χ3n) is 1.95. The van der Waals surface area contributed by atoms with E-state index in [9.17, 15) is 9.59 Å². The summed E-state index contributed by atoms with van der Waals surface area (Å²) in [5.74, 6) is -1.57. The Bertz CT molecular complexity index is 341. The number of nitrogens with one attached hydrogen (secondary N) is 1. The number of carboxylic acids is 1. The number of methoxy groups -OCH3 is 1. The molecule has 0 bridgehead atoms. The molecular weight excluding hydrogens is 186 g/mol. The highest BCUT2D eigenvalue weighted by Gasteiger charge is 2.19. The number of allylic oxidation sites excluding steroid dienone is 1. The minimum atomic E-state index is -1.04. The number of carbonyl (C=O) groups is 2. The summed E-state index contributed by atoms with van der Waals surface area (Å²) in [6.45, 7) is 1.92. The zero-order valence-electron chi connectivity index (χ0n) is 7.96. The lowest BCUT2D eigenvalue weighted by Crippen LogP contribution is -2.26.